The molecule has 6 aromatic rings. The summed E-state index contributed by atoms with van der Waals surface area (Å²) in [5.74, 6) is 0. The van der Waals surface area contributed by atoms with Crippen LogP contribution in [0, 0.1) is 0 Å². The summed E-state index contributed by atoms with van der Waals surface area (Å²) >= 11 is 3.19. The maximum atomic E-state index is 4.60. The van der Waals surface area contributed by atoms with Gasteiger partial charge in [0.15, 0.2) is 0 Å². The lowest BCUT2D eigenvalue weighted by Gasteiger charge is -2.11. The number of nitrogens with one attached hydrogen (secondary N) is 1. The second kappa shape index (κ2) is 7.54. The Morgan fingerprint density at radius 2 is 1.55 bits per heavy atom. The standard InChI is InChI=1S/C24H15N5S2/c1-3-16(24-29-27-14-31-24)4-2-15(1)17-5-7-19-20(9-10-25-21(19)11-17)28-18-6-8-23-22(12-18)26-13-30-23/h1-14H,(H,25,28). The Bertz CT molecular complexity index is 1500. The van der Waals surface area contributed by atoms with Gasteiger partial charge in [-0.25, -0.2) is 4.98 Å². The fourth-order valence-electron chi connectivity index (χ4n) is 3.63. The first-order valence-electron chi connectivity index (χ1n) is 9.69. The van der Waals surface area contributed by atoms with E-state index in [2.05, 4.69) is 86.1 Å². The summed E-state index contributed by atoms with van der Waals surface area (Å²) in [6.45, 7) is 0. The molecule has 0 radical (unpaired) electrons. The fourth-order valence-corrected chi connectivity index (χ4v) is 4.85. The van der Waals surface area contributed by atoms with Crippen molar-refractivity contribution < 1.29 is 0 Å². The molecular weight excluding hydrogens is 422 g/mol. The molecule has 0 saturated heterocycles. The van der Waals surface area contributed by atoms with E-state index in [0.29, 0.717) is 0 Å². The maximum Gasteiger partial charge on any atom is 0.147 e. The molecule has 3 aromatic carbocycles. The van der Waals surface area contributed by atoms with Gasteiger partial charge in [-0.2, -0.15) is 0 Å². The average Bonchev–Trinajstić information content (AvgIpc) is 3.51. The summed E-state index contributed by atoms with van der Waals surface area (Å²) < 4.78 is 1.19. The van der Waals surface area contributed by atoms with Crippen LogP contribution in [0.5, 0.6) is 0 Å². The van der Waals surface area contributed by atoms with Gasteiger partial charge in [-0.05, 0) is 41.5 Å². The lowest BCUT2D eigenvalue weighted by atomic mass is 10.0. The number of anilines is 2. The van der Waals surface area contributed by atoms with E-state index in [0.717, 1.165) is 49.5 Å². The van der Waals surface area contributed by atoms with Crippen molar-refractivity contribution in [1.82, 2.24) is 20.2 Å². The summed E-state index contributed by atoms with van der Waals surface area (Å²) in [6.07, 6.45) is 1.84. The molecule has 6 rings (SSSR count). The Morgan fingerprint density at radius 3 is 2.42 bits per heavy atom. The molecule has 0 saturated carbocycles. The van der Waals surface area contributed by atoms with Gasteiger partial charge in [-0.15, -0.1) is 21.5 Å². The Balaban J connectivity index is 1.33. The minimum atomic E-state index is 0.929. The molecule has 3 heterocycles. The Labute approximate surface area is 186 Å². The number of fused-ring (bicyclic) bond motifs is 2. The third-order valence-corrected chi connectivity index (χ3v) is 6.73. The van der Waals surface area contributed by atoms with Gasteiger partial charge in [-0.3, -0.25) is 4.98 Å². The normalized spacial score (nSPS) is 11.2. The molecule has 7 heteroatoms. The number of pyridine rings is 1. The van der Waals surface area contributed by atoms with E-state index in [1.807, 2.05) is 17.8 Å². The van der Waals surface area contributed by atoms with Crippen molar-refractivity contribution in [2.24, 2.45) is 0 Å². The molecule has 31 heavy (non-hydrogen) atoms. The molecular formula is C24H15N5S2. The van der Waals surface area contributed by atoms with E-state index in [9.17, 15) is 0 Å². The minimum Gasteiger partial charge on any atom is -0.355 e. The van der Waals surface area contributed by atoms with E-state index in [1.165, 1.54) is 4.70 Å². The van der Waals surface area contributed by atoms with Crippen LogP contribution in [0.15, 0.2) is 83.9 Å². The predicted octanol–water partition coefficient (Wildman–Crippen LogP) is 6.77. The van der Waals surface area contributed by atoms with Gasteiger partial charge in [0.25, 0.3) is 0 Å². The number of rotatable bonds is 4. The molecule has 0 fully saturated rings. The SMILES string of the molecule is c1cc(Nc2ccc3scnc3c2)c2ccc(-c3ccc(-c4nncs4)cc3)cc2n1. The zero-order valence-electron chi connectivity index (χ0n) is 16.2. The molecule has 0 aliphatic heterocycles. The Hall–Kier alpha value is -3.68. The van der Waals surface area contributed by atoms with Gasteiger partial charge in [0.2, 0.25) is 0 Å². The van der Waals surface area contributed by atoms with Gasteiger partial charge in [0, 0.05) is 28.5 Å². The van der Waals surface area contributed by atoms with Crippen LogP contribution in [0.1, 0.15) is 0 Å². The number of hydrogen-bond acceptors (Lipinski definition) is 7. The quantitative estimate of drug-likeness (QED) is 0.329. The van der Waals surface area contributed by atoms with Crippen LogP contribution in [0.25, 0.3) is 42.8 Å². The van der Waals surface area contributed by atoms with Crippen molar-refractivity contribution in [3.63, 3.8) is 0 Å². The highest BCUT2D eigenvalue weighted by molar-refractivity contribution is 7.16. The first-order valence-corrected chi connectivity index (χ1v) is 11.5. The molecule has 3 aromatic heterocycles. The van der Waals surface area contributed by atoms with Gasteiger partial charge in [0.1, 0.15) is 10.5 Å². The van der Waals surface area contributed by atoms with E-state index in [1.54, 1.807) is 28.2 Å². The first-order chi connectivity index (χ1) is 15.3. The number of nitrogens with zero attached hydrogens (tertiary/aromatic N) is 4. The topological polar surface area (TPSA) is 63.6 Å². The molecule has 148 valence electrons. The third-order valence-electron chi connectivity index (χ3n) is 5.18. The van der Waals surface area contributed by atoms with E-state index >= 15 is 0 Å². The molecule has 0 aliphatic rings. The second-order valence-electron chi connectivity index (χ2n) is 7.07. The van der Waals surface area contributed by atoms with Crippen molar-refractivity contribution in [2.45, 2.75) is 0 Å². The van der Waals surface area contributed by atoms with Crippen LogP contribution in [-0.2, 0) is 0 Å². The van der Waals surface area contributed by atoms with Crippen molar-refractivity contribution in [1.29, 1.82) is 0 Å². The molecule has 0 spiro atoms. The summed E-state index contributed by atoms with van der Waals surface area (Å²) in [5.41, 5.74) is 11.0. The van der Waals surface area contributed by atoms with Crippen LogP contribution >= 0.6 is 22.7 Å². The number of aromatic nitrogens is 4. The number of hydrogen-bond donors (Lipinski definition) is 1. The van der Waals surface area contributed by atoms with Gasteiger partial charge < -0.3 is 5.32 Å². The van der Waals surface area contributed by atoms with Crippen LogP contribution in [-0.4, -0.2) is 20.2 Å². The lowest BCUT2D eigenvalue weighted by molar-refractivity contribution is 1.10. The lowest BCUT2D eigenvalue weighted by Crippen LogP contribution is -1.93. The van der Waals surface area contributed by atoms with Crippen molar-refractivity contribution in [3.8, 4) is 21.7 Å². The number of benzene rings is 3. The van der Waals surface area contributed by atoms with Crippen molar-refractivity contribution in [3.05, 3.63) is 83.9 Å². The van der Waals surface area contributed by atoms with Gasteiger partial charge >= 0.3 is 0 Å². The largest absolute Gasteiger partial charge is 0.355 e. The molecule has 0 unspecified atom stereocenters. The molecule has 0 atom stereocenters. The van der Waals surface area contributed by atoms with Crippen molar-refractivity contribution >= 4 is 55.2 Å². The fraction of sp³-hybridized carbons (Fsp3) is 0. The molecule has 0 bridgehead atoms. The number of thiazole rings is 1. The van der Waals surface area contributed by atoms with E-state index in [-0.39, 0.29) is 0 Å². The van der Waals surface area contributed by atoms with Gasteiger partial charge in [-0.1, -0.05) is 47.7 Å². The summed E-state index contributed by atoms with van der Waals surface area (Å²) in [4.78, 5) is 9.01. The van der Waals surface area contributed by atoms with Crippen LogP contribution < -0.4 is 5.32 Å². The summed E-state index contributed by atoms with van der Waals surface area (Å²) in [6, 6.07) is 23.0. The van der Waals surface area contributed by atoms with Crippen LogP contribution in [0.4, 0.5) is 11.4 Å². The molecule has 1 N–H and O–H groups in total. The third kappa shape index (κ3) is 3.43. The first kappa shape index (κ1) is 18.1. The summed E-state index contributed by atoms with van der Waals surface area (Å²) in [7, 11) is 0. The summed E-state index contributed by atoms with van der Waals surface area (Å²) in [5, 5.41) is 13.6. The Morgan fingerprint density at radius 1 is 0.677 bits per heavy atom. The monoisotopic (exact) mass is 437 g/mol. The van der Waals surface area contributed by atoms with Crippen molar-refractivity contribution in [2.75, 3.05) is 5.32 Å². The molecule has 0 amide bonds. The highest BCUT2D eigenvalue weighted by Crippen LogP contribution is 2.31. The minimum absolute atomic E-state index is 0.929. The van der Waals surface area contributed by atoms with E-state index in [4.69, 9.17) is 0 Å². The average molecular weight is 438 g/mol. The zero-order valence-corrected chi connectivity index (χ0v) is 17.8. The Kier molecular flexibility index (Phi) is 4.40. The smallest absolute Gasteiger partial charge is 0.147 e. The predicted molar refractivity (Wildman–Crippen MR) is 129 cm³/mol. The highest BCUT2D eigenvalue weighted by Gasteiger charge is 2.07. The van der Waals surface area contributed by atoms with Crippen LogP contribution in [0.3, 0.4) is 0 Å². The van der Waals surface area contributed by atoms with Crippen LogP contribution in [0.2, 0.25) is 0 Å². The van der Waals surface area contributed by atoms with Gasteiger partial charge in [0.05, 0.1) is 21.2 Å². The zero-order chi connectivity index (χ0) is 20.6. The molecule has 0 aliphatic carbocycles. The maximum absolute atomic E-state index is 4.60. The second-order valence-corrected chi connectivity index (χ2v) is 8.79. The highest BCUT2D eigenvalue weighted by atomic mass is 32.1. The van der Waals surface area contributed by atoms with E-state index < -0.39 is 0 Å². The molecule has 5 nitrogen and oxygen atoms in total.